The van der Waals surface area contributed by atoms with Crippen molar-refractivity contribution in [3.63, 3.8) is 0 Å². The van der Waals surface area contributed by atoms with Crippen molar-refractivity contribution >= 4 is 11.8 Å². The third-order valence-corrected chi connectivity index (χ3v) is 7.10. The molecule has 5 heteroatoms. The summed E-state index contributed by atoms with van der Waals surface area (Å²) in [6.07, 6.45) is 2.01. The number of hydrogen-bond donors (Lipinski definition) is 1. The standard InChI is InChI=1S/C25H29FN2O2/c1-24(2,19-6-4-3-5-7-19)23(30)28-14-12-25(13-15-28)16-22(29)27-17-21(25)18-8-10-20(26)11-9-18/h3-11,21H,12-17H2,1-2H3,(H,27,29)/t21-/m0/s1. The summed E-state index contributed by atoms with van der Waals surface area (Å²) in [6.45, 7) is 5.79. The zero-order valence-corrected chi connectivity index (χ0v) is 17.7. The predicted octanol–water partition coefficient (Wildman–Crippen LogP) is 4.02. The Kier molecular flexibility index (Phi) is 5.39. The fourth-order valence-corrected chi connectivity index (χ4v) is 5.16. The summed E-state index contributed by atoms with van der Waals surface area (Å²) in [5, 5.41) is 2.98. The second-order valence-corrected chi connectivity index (χ2v) is 9.23. The molecular weight excluding hydrogens is 379 g/mol. The number of carbonyl (C=O) groups is 2. The normalized spacial score (nSPS) is 21.4. The van der Waals surface area contributed by atoms with Gasteiger partial charge in [-0.15, -0.1) is 0 Å². The molecule has 2 heterocycles. The van der Waals surface area contributed by atoms with Gasteiger partial charge in [-0.2, -0.15) is 0 Å². The van der Waals surface area contributed by atoms with Crippen molar-refractivity contribution in [3.05, 3.63) is 71.5 Å². The molecule has 0 bridgehead atoms. The second kappa shape index (κ2) is 7.86. The molecule has 0 aliphatic carbocycles. The first-order chi connectivity index (χ1) is 14.3. The van der Waals surface area contributed by atoms with Gasteiger partial charge in [0.2, 0.25) is 11.8 Å². The maximum absolute atomic E-state index is 13.4. The summed E-state index contributed by atoms with van der Waals surface area (Å²) in [6, 6.07) is 16.5. The first-order valence-corrected chi connectivity index (χ1v) is 10.7. The third kappa shape index (κ3) is 3.73. The zero-order chi connectivity index (χ0) is 21.4. The van der Waals surface area contributed by atoms with Gasteiger partial charge in [0, 0.05) is 32.0 Å². The molecule has 2 aromatic carbocycles. The molecule has 0 saturated carbocycles. The molecular formula is C25H29FN2O2. The molecule has 2 aromatic rings. The number of amides is 2. The Hall–Kier alpha value is -2.69. The lowest BCUT2D eigenvalue weighted by Crippen LogP contribution is -2.54. The third-order valence-electron chi connectivity index (χ3n) is 7.10. The minimum Gasteiger partial charge on any atom is -0.355 e. The molecule has 2 amide bonds. The highest BCUT2D eigenvalue weighted by Gasteiger charge is 2.47. The van der Waals surface area contributed by atoms with E-state index in [0.29, 0.717) is 26.1 Å². The van der Waals surface area contributed by atoms with Gasteiger partial charge in [-0.05, 0) is 55.4 Å². The summed E-state index contributed by atoms with van der Waals surface area (Å²) >= 11 is 0. The smallest absolute Gasteiger partial charge is 0.232 e. The van der Waals surface area contributed by atoms with Crippen LogP contribution in [0.4, 0.5) is 4.39 Å². The van der Waals surface area contributed by atoms with Crippen LogP contribution in [-0.2, 0) is 15.0 Å². The first-order valence-electron chi connectivity index (χ1n) is 10.7. The van der Waals surface area contributed by atoms with Gasteiger partial charge >= 0.3 is 0 Å². The molecule has 2 aliphatic rings. The SMILES string of the molecule is CC(C)(C(=O)N1CCC2(CC1)CC(=O)NC[C@H]2c1ccc(F)cc1)c1ccccc1. The Morgan fingerprint density at radius 2 is 1.70 bits per heavy atom. The summed E-state index contributed by atoms with van der Waals surface area (Å²) in [7, 11) is 0. The monoisotopic (exact) mass is 408 g/mol. The van der Waals surface area contributed by atoms with Gasteiger partial charge in [-0.3, -0.25) is 9.59 Å². The maximum atomic E-state index is 13.4. The molecule has 0 aromatic heterocycles. The minimum absolute atomic E-state index is 0.0674. The van der Waals surface area contributed by atoms with Crippen LogP contribution in [0.1, 0.15) is 50.2 Å². The van der Waals surface area contributed by atoms with Crippen molar-refractivity contribution in [2.75, 3.05) is 19.6 Å². The highest BCUT2D eigenvalue weighted by molar-refractivity contribution is 5.87. The molecule has 0 unspecified atom stereocenters. The molecule has 2 saturated heterocycles. The molecule has 2 fully saturated rings. The van der Waals surface area contributed by atoms with E-state index in [1.807, 2.05) is 61.2 Å². The highest BCUT2D eigenvalue weighted by atomic mass is 19.1. The number of nitrogens with one attached hydrogen (secondary N) is 1. The summed E-state index contributed by atoms with van der Waals surface area (Å²) in [4.78, 5) is 27.6. The van der Waals surface area contributed by atoms with Gasteiger partial charge in [0.25, 0.3) is 0 Å². The number of carbonyl (C=O) groups excluding carboxylic acids is 2. The number of rotatable bonds is 3. The number of piperidine rings is 2. The molecule has 2 aliphatic heterocycles. The van der Waals surface area contributed by atoms with E-state index < -0.39 is 5.41 Å². The first kappa shape index (κ1) is 20.6. The zero-order valence-electron chi connectivity index (χ0n) is 17.7. The van der Waals surface area contributed by atoms with E-state index in [2.05, 4.69) is 5.32 Å². The van der Waals surface area contributed by atoms with Crippen molar-refractivity contribution in [2.24, 2.45) is 5.41 Å². The number of likely N-dealkylation sites (tertiary alicyclic amines) is 1. The van der Waals surface area contributed by atoms with Crippen LogP contribution in [0.2, 0.25) is 0 Å². The van der Waals surface area contributed by atoms with Crippen LogP contribution < -0.4 is 5.32 Å². The molecule has 0 radical (unpaired) electrons. The molecule has 4 nitrogen and oxygen atoms in total. The van der Waals surface area contributed by atoms with Crippen LogP contribution >= 0.6 is 0 Å². The summed E-state index contributed by atoms with van der Waals surface area (Å²) in [5.41, 5.74) is 1.29. The second-order valence-electron chi connectivity index (χ2n) is 9.23. The molecule has 158 valence electrons. The molecule has 30 heavy (non-hydrogen) atoms. The lowest BCUT2D eigenvalue weighted by Gasteiger charge is -2.50. The Bertz CT molecular complexity index is 916. The van der Waals surface area contributed by atoms with E-state index in [9.17, 15) is 14.0 Å². The molecule has 1 N–H and O–H groups in total. The van der Waals surface area contributed by atoms with Crippen molar-refractivity contribution in [2.45, 2.75) is 44.4 Å². The van der Waals surface area contributed by atoms with E-state index in [1.165, 1.54) is 12.1 Å². The Morgan fingerprint density at radius 3 is 2.33 bits per heavy atom. The Balaban J connectivity index is 1.53. The molecule has 4 rings (SSSR count). The lowest BCUT2D eigenvalue weighted by atomic mass is 9.62. The van der Waals surface area contributed by atoms with Gasteiger partial charge in [0.05, 0.1) is 5.41 Å². The van der Waals surface area contributed by atoms with Crippen LogP contribution in [-0.4, -0.2) is 36.3 Å². The van der Waals surface area contributed by atoms with E-state index in [1.54, 1.807) is 0 Å². The number of hydrogen-bond acceptors (Lipinski definition) is 2. The van der Waals surface area contributed by atoms with E-state index in [4.69, 9.17) is 0 Å². The Labute approximate surface area is 177 Å². The summed E-state index contributed by atoms with van der Waals surface area (Å²) < 4.78 is 13.4. The quantitative estimate of drug-likeness (QED) is 0.834. The number of nitrogens with zero attached hydrogens (tertiary/aromatic N) is 1. The maximum Gasteiger partial charge on any atom is 0.232 e. The molecule has 1 atom stereocenters. The largest absolute Gasteiger partial charge is 0.355 e. The van der Waals surface area contributed by atoms with Crippen LogP contribution in [0.5, 0.6) is 0 Å². The average molecular weight is 409 g/mol. The van der Waals surface area contributed by atoms with Crippen molar-refractivity contribution in [1.82, 2.24) is 10.2 Å². The number of halogens is 1. The van der Waals surface area contributed by atoms with Crippen LogP contribution in [0.25, 0.3) is 0 Å². The average Bonchev–Trinajstić information content (AvgIpc) is 2.75. The van der Waals surface area contributed by atoms with Crippen molar-refractivity contribution in [1.29, 1.82) is 0 Å². The van der Waals surface area contributed by atoms with E-state index in [0.717, 1.165) is 24.0 Å². The minimum atomic E-state index is -0.591. The topological polar surface area (TPSA) is 49.4 Å². The highest BCUT2D eigenvalue weighted by Crippen LogP contribution is 2.49. The van der Waals surface area contributed by atoms with Gasteiger partial charge < -0.3 is 10.2 Å². The molecule has 1 spiro atoms. The van der Waals surface area contributed by atoms with Crippen LogP contribution in [0.15, 0.2) is 54.6 Å². The van der Waals surface area contributed by atoms with Crippen LogP contribution in [0.3, 0.4) is 0 Å². The van der Waals surface area contributed by atoms with Crippen LogP contribution in [0, 0.1) is 11.2 Å². The van der Waals surface area contributed by atoms with Crippen molar-refractivity contribution in [3.8, 4) is 0 Å². The number of benzene rings is 2. The van der Waals surface area contributed by atoms with Gasteiger partial charge in [-0.25, -0.2) is 4.39 Å². The summed E-state index contributed by atoms with van der Waals surface area (Å²) in [5.74, 6) is 0.0753. The fourth-order valence-electron chi connectivity index (χ4n) is 5.16. The van der Waals surface area contributed by atoms with E-state index in [-0.39, 0.29) is 29.0 Å². The fraction of sp³-hybridized carbons (Fsp3) is 0.440. The van der Waals surface area contributed by atoms with Gasteiger partial charge in [-0.1, -0.05) is 42.5 Å². The van der Waals surface area contributed by atoms with E-state index >= 15 is 0 Å². The Morgan fingerprint density at radius 1 is 1.07 bits per heavy atom. The van der Waals surface area contributed by atoms with Gasteiger partial charge in [0.1, 0.15) is 5.82 Å². The van der Waals surface area contributed by atoms with Crippen molar-refractivity contribution < 1.29 is 14.0 Å². The lowest BCUT2D eigenvalue weighted by molar-refractivity contribution is -0.140. The van der Waals surface area contributed by atoms with Gasteiger partial charge in [0.15, 0.2) is 0 Å². The predicted molar refractivity (Wildman–Crippen MR) is 114 cm³/mol.